The quantitative estimate of drug-likeness (QED) is 0.659. The molecular formula is C3H8ClO4P. The van der Waals surface area contributed by atoms with Crippen molar-refractivity contribution in [1.29, 1.82) is 0 Å². The van der Waals surface area contributed by atoms with E-state index in [-0.39, 0.29) is 6.61 Å². The van der Waals surface area contributed by atoms with Gasteiger partial charge >= 0.3 is 7.82 Å². The van der Waals surface area contributed by atoms with Crippen LogP contribution in [0.4, 0.5) is 0 Å². The summed E-state index contributed by atoms with van der Waals surface area (Å²) in [5.74, 6) is 0. The molecule has 0 bridgehead atoms. The van der Waals surface area contributed by atoms with Gasteiger partial charge in [-0.25, -0.2) is 4.57 Å². The van der Waals surface area contributed by atoms with Crippen LogP contribution in [0.1, 0.15) is 13.3 Å². The van der Waals surface area contributed by atoms with E-state index < -0.39 is 7.82 Å². The molecule has 56 valence electrons. The Labute approximate surface area is 58.5 Å². The molecule has 0 aliphatic heterocycles. The van der Waals surface area contributed by atoms with Crippen molar-refractivity contribution in [3.63, 3.8) is 0 Å². The van der Waals surface area contributed by atoms with Crippen LogP contribution in [0.15, 0.2) is 0 Å². The Kier molecular flexibility index (Phi) is 4.44. The lowest BCUT2D eigenvalue weighted by molar-refractivity contribution is 0.208. The topological polar surface area (TPSA) is 55.8 Å². The van der Waals surface area contributed by atoms with E-state index in [2.05, 4.69) is 20.5 Å². The molecule has 1 N–H and O–H groups in total. The van der Waals surface area contributed by atoms with Gasteiger partial charge < -0.3 is 4.89 Å². The van der Waals surface area contributed by atoms with Crippen molar-refractivity contribution in [1.82, 2.24) is 0 Å². The summed E-state index contributed by atoms with van der Waals surface area (Å²) >= 11 is 4.59. The minimum absolute atomic E-state index is 0.167. The highest BCUT2D eigenvalue weighted by atomic mass is 35.5. The molecular weight excluding hydrogens is 166 g/mol. The van der Waals surface area contributed by atoms with Crippen LogP contribution >= 0.6 is 19.7 Å². The number of halogens is 1. The van der Waals surface area contributed by atoms with Gasteiger partial charge in [-0.05, 0) is 6.42 Å². The Morgan fingerprint density at radius 2 is 2.33 bits per heavy atom. The summed E-state index contributed by atoms with van der Waals surface area (Å²) in [4.78, 5) is 8.43. The van der Waals surface area contributed by atoms with E-state index in [4.69, 9.17) is 4.89 Å². The van der Waals surface area contributed by atoms with Crippen LogP contribution in [0.5, 0.6) is 0 Å². The van der Waals surface area contributed by atoms with Gasteiger partial charge in [0.2, 0.25) is 0 Å². The van der Waals surface area contributed by atoms with Crippen LogP contribution < -0.4 is 0 Å². The van der Waals surface area contributed by atoms with E-state index in [1.165, 1.54) is 0 Å². The summed E-state index contributed by atoms with van der Waals surface area (Å²) in [6, 6.07) is 0. The molecule has 0 aromatic carbocycles. The highest BCUT2D eigenvalue weighted by Gasteiger charge is 2.18. The van der Waals surface area contributed by atoms with Crippen LogP contribution in [-0.2, 0) is 13.2 Å². The van der Waals surface area contributed by atoms with Crippen molar-refractivity contribution in [3.05, 3.63) is 0 Å². The molecule has 0 saturated heterocycles. The zero-order chi connectivity index (χ0) is 7.33. The minimum Gasteiger partial charge on any atom is -0.302 e. The molecule has 0 spiro atoms. The Bertz CT molecular complexity index is 116. The van der Waals surface area contributed by atoms with E-state index in [1.807, 2.05) is 0 Å². The molecule has 9 heavy (non-hydrogen) atoms. The molecule has 1 atom stereocenters. The molecule has 0 radical (unpaired) electrons. The summed E-state index contributed by atoms with van der Waals surface area (Å²) in [6.45, 7) is 1.97. The Morgan fingerprint density at radius 3 is 2.67 bits per heavy atom. The summed E-state index contributed by atoms with van der Waals surface area (Å²) in [5, 5.41) is 0. The third kappa shape index (κ3) is 4.88. The predicted molar refractivity (Wildman–Crippen MR) is 33.0 cm³/mol. The lowest BCUT2D eigenvalue weighted by Crippen LogP contribution is -1.89. The average Bonchev–Trinajstić information content (AvgIpc) is 1.84. The van der Waals surface area contributed by atoms with Crippen molar-refractivity contribution in [2.24, 2.45) is 0 Å². The van der Waals surface area contributed by atoms with Crippen molar-refractivity contribution in [3.8, 4) is 0 Å². The second-order valence-corrected chi connectivity index (χ2v) is 3.12. The fraction of sp³-hybridized carbons (Fsp3) is 1.00. The number of phosphoric acid groups is 1. The van der Waals surface area contributed by atoms with E-state index in [9.17, 15) is 4.57 Å². The zero-order valence-corrected chi connectivity index (χ0v) is 6.56. The molecule has 0 heterocycles. The first-order valence-corrected chi connectivity index (χ1v) is 4.20. The average molecular weight is 175 g/mol. The summed E-state index contributed by atoms with van der Waals surface area (Å²) in [6.07, 6.45) is 0.644. The fourth-order valence-corrected chi connectivity index (χ4v) is 0.799. The van der Waals surface area contributed by atoms with E-state index >= 15 is 0 Å². The van der Waals surface area contributed by atoms with Gasteiger partial charge in [0.15, 0.2) is 0 Å². The molecule has 6 heteroatoms. The third-order valence-corrected chi connectivity index (χ3v) is 1.75. The first-order valence-electron chi connectivity index (χ1n) is 2.40. The van der Waals surface area contributed by atoms with Crippen molar-refractivity contribution in [2.45, 2.75) is 13.3 Å². The van der Waals surface area contributed by atoms with Crippen LogP contribution in [0.2, 0.25) is 0 Å². The summed E-state index contributed by atoms with van der Waals surface area (Å²) in [7, 11) is -3.92. The molecule has 0 aromatic heterocycles. The molecule has 0 aliphatic rings. The maximum Gasteiger partial charge on any atom is 0.488 e. The van der Waals surface area contributed by atoms with Gasteiger partial charge in [0.1, 0.15) is 0 Å². The van der Waals surface area contributed by atoms with Crippen molar-refractivity contribution >= 4 is 19.7 Å². The Hall–Kier alpha value is 0.400. The lowest BCUT2D eigenvalue weighted by Gasteiger charge is -2.04. The SMILES string of the molecule is CCCOP(=O)(O)OCl. The van der Waals surface area contributed by atoms with Gasteiger partial charge in [-0.1, -0.05) is 6.92 Å². The van der Waals surface area contributed by atoms with Crippen LogP contribution in [0.3, 0.4) is 0 Å². The number of phosphoric ester groups is 1. The monoisotopic (exact) mass is 174 g/mol. The second-order valence-electron chi connectivity index (χ2n) is 1.37. The molecule has 0 aromatic rings. The van der Waals surface area contributed by atoms with Gasteiger partial charge in [-0.3, -0.25) is 4.52 Å². The fourth-order valence-electron chi connectivity index (χ4n) is 0.227. The van der Waals surface area contributed by atoms with Gasteiger partial charge in [0, 0.05) is 0 Å². The third-order valence-electron chi connectivity index (χ3n) is 0.546. The highest BCUT2D eigenvalue weighted by Crippen LogP contribution is 2.44. The van der Waals surface area contributed by atoms with E-state index in [0.717, 1.165) is 0 Å². The van der Waals surface area contributed by atoms with Gasteiger partial charge in [-0.15, -0.1) is 0 Å². The minimum atomic E-state index is -3.92. The lowest BCUT2D eigenvalue weighted by atomic mass is 10.5. The maximum absolute atomic E-state index is 10.3. The molecule has 0 saturated carbocycles. The molecule has 0 fully saturated rings. The van der Waals surface area contributed by atoms with Crippen molar-refractivity contribution in [2.75, 3.05) is 6.61 Å². The molecule has 1 unspecified atom stereocenters. The van der Waals surface area contributed by atoms with Crippen molar-refractivity contribution < 1.29 is 18.1 Å². The first-order chi connectivity index (χ1) is 4.12. The van der Waals surface area contributed by atoms with Crippen LogP contribution in [-0.4, -0.2) is 11.5 Å². The molecule has 0 aliphatic carbocycles. The first kappa shape index (κ1) is 9.40. The number of hydrogen-bond donors (Lipinski definition) is 1. The van der Waals surface area contributed by atoms with Crippen LogP contribution in [0.25, 0.3) is 0 Å². The smallest absolute Gasteiger partial charge is 0.302 e. The van der Waals surface area contributed by atoms with E-state index in [1.54, 1.807) is 6.92 Å². The Balaban J connectivity index is 3.46. The predicted octanol–water partition coefficient (Wildman–Crippen LogP) is 1.68. The summed E-state index contributed by atoms with van der Waals surface area (Å²) < 4.78 is 18.2. The Morgan fingerprint density at radius 1 is 1.78 bits per heavy atom. The number of rotatable bonds is 4. The van der Waals surface area contributed by atoms with E-state index in [0.29, 0.717) is 6.42 Å². The standard InChI is InChI=1S/C3H8ClO4P/c1-2-3-7-9(5,6)8-4/h2-3H2,1H3,(H,5,6). The number of hydrogen-bond acceptors (Lipinski definition) is 3. The maximum atomic E-state index is 10.3. The summed E-state index contributed by atoms with van der Waals surface area (Å²) in [5.41, 5.74) is 0. The van der Waals surface area contributed by atoms with Gasteiger partial charge in [0.25, 0.3) is 0 Å². The van der Waals surface area contributed by atoms with Crippen LogP contribution in [0, 0.1) is 0 Å². The van der Waals surface area contributed by atoms with Gasteiger partial charge in [0.05, 0.1) is 18.5 Å². The normalized spacial score (nSPS) is 17.2. The largest absolute Gasteiger partial charge is 0.488 e. The second kappa shape index (κ2) is 4.25. The highest BCUT2D eigenvalue weighted by molar-refractivity contribution is 7.48. The molecule has 0 rings (SSSR count). The zero-order valence-electron chi connectivity index (χ0n) is 4.91. The molecule has 0 amide bonds. The van der Waals surface area contributed by atoms with Gasteiger partial charge in [-0.2, -0.15) is 4.08 Å². The molecule has 4 nitrogen and oxygen atoms in total.